The van der Waals surface area contributed by atoms with Crippen LogP contribution >= 0.6 is 0 Å². The molecule has 0 bridgehead atoms. The van der Waals surface area contributed by atoms with Gasteiger partial charge in [-0.2, -0.15) is 0 Å². The van der Waals surface area contributed by atoms with Gasteiger partial charge in [0.2, 0.25) is 0 Å². The van der Waals surface area contributed by atoms with Crippen molar-refractivity contribution < 1.29 is 14.6 Å². The predicted molar refractivity (Wildman–Crippen MR) is 39.2 cm³/mol. The molecule has 0 unspecified atom stereocenters. The summed E-state index contributed by atoms with van der Waals surface area (Å²) in [6, 6.07) is 0. The molecule has 0 spiro atoms. The molecule has 1 rings (SSSR count). The van der Waals surface area contributed by atoms with Crippen LogP contribution in [-0.2, 0) is 4.74 Å². The summed E-state index contributed by atoms with van der Waals surface area (Å²) in [4.78, 5) is 10.8. The van der Waals surface area contributed by atoms with Crippen LogP contribution in [-0.4, -0.2) is 30.5 Å². The van der Waals surface area contributed by atoms with E-state index in [1.807, 2.05) is 0 Å². The number of nitrogens with one attached hydrogen (secondary N) is 1. The van der Waals surface area contributed by atoms with Crippen molar-refractivity contribution in [1.29, 1.82) is 0 Å². The number of aliphatic hydroxyl groups is 1. The molecule has 11 heavy (non-hydrogen) atoms. The van der Waals surface area contributed by atoms with Crippen LogP contribution in [0.15, 0.2) is 0 Å². The fraction of sp³-hybridized carbons (Fsp3) is 0.857. The van der Waals surface area contributed by atoms with Gasteiger partial charge in [0.1, 0.15) is 6.10 Å². The lowest BCUT2D eigenvalue weighted by atomic mass is 9.96. The third-order valence-corrected chi connectivity index (χ3v) is 1.71. The van der Waals surface area contributed by atoms with E-state index in [1.165, 1.54) is 0 Å². The molecule has 0 radical (unpaired) electrons. The monoisotopic (exact) mass is 159 g/mol. The highest BCUT2D eigenvalue weighted by atomic mass is 16.6. The first kappa shape index (κ1) is 8.33. The first-order valence-electron chi connectivity index (χ1n) is 3.88. The van der Waals surface area contributed by atoms with E-state index < -0.39 is 6.09 Å². The normalized spacial score (nSPS) is 17.2. The number of ether oxygens (including phenoxy) is 1. The molecule has 0 aromatic heterocycles. The highest BCUT2D eigenvalue weighted by Crippen LogP contribution is 2.21. The third kappa shape index (κ3) is 2.76. The second-order valence-electron chi connectivity index (χ2n) is 2.61. The topological polar surface area (TPSA) is 58.6 Å². The molecule has 0 atom stereocenters. The molecule has 4 heteroatoms. The first-order valence-corrected chi connectivity index (χ1v) is 3.88. The van der Waals surface area contributed by atoms with Gasteiger partial charge in [-0.1, -0.05) is 0 Å². The van der Waals surface area contributed by atoms with Crippen molar-refractivity contribution in [2.75, 3.05) is 13.2 Å². The van der Waals surface area contributed by atoms with Crippen LogP contribution in [0.3, 0.4) is 0 Å². The van der Waals surface area contributed by atoms with Crippen LogP contribution in [0.25, 0.3) is 0 Å². The van der Waals surface area contributed by atoms with Gasteiger partial charge in [-0.15, -0.1) is 0 Å². The average Bonchev–Trinajstić information content (AvgIpc) is 1.93. The Morgan fingerprint density at radius 2 is 2.36 bits per heavy atom. The van der Waals surface area contributed by atoms with Gasteiger partial charge in [0, 0.05) is 6.54 Å². The summed E-state index contributed by atoms with van der Waals surface area (Å²) in [5.74, 6) is 0. The van der Waals surface area contributed by atoms with Gasteiger partial charge < -0.3 is 15.2 Å². The molecule has 0 aromatic rings. The van der Waals surface area contributed by atoms with Crippen molar-refractivity contribution in [3.05, 3.63) is 0 Å². The first-order chi connectivity index (χ1) is 5.33. The third-order valence-electron chi connectivity index (χ3n) is 1.71. The van der Waals surface area contributed by atoms with E-state index in [1.54, 1.807) is 0 Å². The van der Waals surface area contributed by atoms with Gasteiger partial charge in [-0.05, 0) is 19.3 Å². The molecule has 1 amide bonds. The Balaban J connectivity index is 2.00. The van der Waals surface area contributed by atoms with Crippen LogP contribution in [0.2, 0.25) is 0 Å². The van der Waals surface area contributed by atoms with Gasteiger partial charge in [-0.3, -0.25) is 0 Å². The molecular weight excluding hydrogens is 146 g/mol. The zero-order valence-electron chi connectivity index (χ0n) is 6.38. The molecule has 4 nitrogen and oxygen atoms in total. The highest BCUT2D eigenvalue weighted by molar-refractivity contribution is 5.67. The van der Waals surface area contributed by atoms with Crippen LogP contribution in [0.5, 0.6) is 0 Å². The Morgan fingerprint density at radius 1 is 1.64 bits per heavy atom. The van der Waals surface area contributed by atoms with Crippen molar-refractivity contribution in [2.45, 2.75) is 25.4 Å². The van der Waals surface area contributed by atoms with E-state index in [0.29, 0.717) is 0 Å². The van der Waals surface area contributed by atoms with Crippen LogP contribution in [0.1, 0.15) is 19.3 Å². The maximum absolute atomic E-state index is 10.8. The van der Waals surface area contributed by atoms with Gasteiger partial charge in [0.05, 0.1) is 6.61 Å². The van der Waals surface area contributed by atoms with E-state index >= 15 is 0 Å². The van der Waals surface area contributed by atoms with Crippen molar-refractivity contribution in [2.24, 2.45) is 0 Å². The van der Waals surface area contributed by atoms with E-state index in [0.717, 1.165) is 19.3 Å². The quantitative estimate of drug-likeness (QED) is 0.621. The lowest BCUT2D eigenvalue weighted by Gasteiger charge is -2.24. The van der Waals surface area contributed by atoms with Gasteiger partial charge >= 0.3 is 6.09 Å². The zero-order valence-corrected chi connectivity index (χ0v) is 6.38. The Bertz CT molecular complexity index is 134. The lowest BCUT2D eigenvalue weighted by Crippen LogP contribution is -2.33. The fourth-order valence-electron chi connectivity index (χ4n) is 0.840. The number of carbonyl (C=O) groups excluding carboxylic acids is 1. The number of amides is 1. The largest absolute Gasteiger partial charge is 0.446 e. The molecule has 2 N–H and O–H groups in total. The van der Waals surface area contributed by atoms with Gasteiger partial charge in [-0.25, -0.2) is 4.79 Å². The van der Waals surface area contributed by atoms with Crippen molar-refractivity contribution in [3.8, 4) is 0 Å². The summed E-state index contributed by atoms with van der Waals surface area (Å²) in [6.07, 6.45) is 2.81. The summed E-state index contributed by atoms with van der Waals surface area (Å²) >= 11 is 0. The second kappa shape index (κ2) is 4.18. The molecule has 0 heterocycles. The summed E-state index contributed by atoms with van der Waals surface area (Å²) in [7, 11) is 0. The molecular formula is C7H13NO3. The summed E-state index contributed by atoms with van der Waals surface area (Å²) in [5.41, 5.74) is 0. The second-order valence-corrected chi connectivity index (χ2v) is 2.61. The Hall–Kier alpha value is -0.770. The van der Waals surface area contributed by atoms with E-state index in [9.17, 15) is 4.79 Å². The minimum atomic E-state index is -0.413. The number of carbonyl (C=O) groups is 1. The molecule has 0 aliphatic heterocycles. The van der Waals surface area contributed by atoms with E-state index in [4.69, 9.17) is 9.84 Å². The molecule has 0 saturated heterocycles. The number of rotatable bonds is 3. The molecule has 64 valence electrons. The maximum atomic E-state index is 10.8. The van der Waals surface area contributed by atoms with Crippen molar-refractivity contribution >= 4 is 6.09 Å². The number of hydrogen-bond donors (Lipinski definition) is 2. The standard InChI is InChI=1S/C7H13NO3/c9-5-4-8-7(10)11-6-2-1-3-6/h6,9H,1-5H2,(H,8,10). The van der Waals surface area contributed by atoms with Crippen molar-refractivity contribution in [1.82, 2.24) is 5.32 Å². The predicted octanol–water partition coefficient (Wildman–Crippen LogP) is 0.257. The SMILES string of the molecule is O=C(NCCO)OC1CCC1. The summed E-state index contributed by atoms with van der Waals surface area (Å²) in [6.45, 7) is 0.227. The van der Waals surface area contributed by atoms with Crippen molar-refractivity contribution in [3.63, 3.8) is 0 Å². The fourth-order valence-corrected chi connectivity index (χ4v) is 0.840. The smallest absolute Gasteiger partial charge is 0.407 e. The van der Waals surface area contributed by atoms with Crippen LogP contribution in [0.4, 0.5) is 4.79 Å². The molecule has 0 aromatic carbocycles. The molecule has 1 aliphatic carbocycles. The summed E-state index contributed by atoms with van der Waals surface area (Å²) in [5, 5.41) is 10.8. The number of aliphatic hydroxyl groups excluding tert-OH is 1. The lowest BCUT2D eigenvalue weighted by molar-refractivity contribution is 0.0517. The Kier molecular flexibility index (Phi) is 3.16. The molecule has 1 aliphatic rings. The van der Waals surface area contributed by atoms with Gasteiger partial charge in [0.15, 0.2) is 0 Å². The van der Waals surface area contributed by atoms with Crippen LogP contribution < -0.4 is 5.32 Å². The van der Waals surface area contributed by atoms with E-state index in [2.05, 4.69) is 5.32 Å². The minimum absolute atomic E-state index is 0.0419. The average molecular weight is 159 g/mol. The highest BCUT2D eigenvalue weighted by Gasteiger charge is 2.20. The summed E-state index contributed by atoms with van der Waals surface area (Å²) < 4.78 is 4.93. The zero-order chi connectivity index (χ0) is 8.10. The molecule has 1 saturated carbocycles. The minimum Gasteiger partial charge on any atom is -0.446 e. The van der Waals surface area contributed by atoms with Gasteiger partial charge in [0.25, 0.3) is 0 Å². The maximum Gasteiger partial charge on any atom is 0.407 e. The van der Waals surface area contributed by atoms with E-state index in [-0.39, 0.29) is 19.3 Å². The number of alkyl carbamates (subject to hydrolysis) is 1. The van der Waals surface area contributed by atoms with Crippen LogP contribution in [0, 0.1) is 0 Å². The Morgan fingerprint density at radius 3 is 2.82 bits per heavy atom. The molecule has 1 fully saturated rings. The Labute approximate surface area is 65.5 Å². The number of hydrogen-bond acceptors (Lipinski definition) is 3.